The molecule has 1 aromatic carbocycles. The van der Waals surface area contributed by atoms with Crippen LogP contribution in [-0.2, 0) is 17.6 Å². The number of ketones is 1. The van der Waals surface area contributed by atoms with Crippen LogP contribution >= 0.6 is 23.1 Å². The van der Waals surface area contributed by atoms with Crippen LogP contribution < -0.4 is 5.32 Å². The van der Waals surface area contributed by atoms with E-state index in [0.29, 0.717) is 17.2 Å². The van der Waals surface area contributed by atoms with Crippen molar-refractivity contribution in [1.82, 2.24) is 9.97 Å². The Labute approximate surface area is 178 Å². The number of thioether (sulfide) groups is 1. The Hall–Kier alpha value is -2.25. The van der Waals surface area contributed by atoms with Gasteiger partial charge < -0.3 is 5.32 Å². The van der Waals surface area contributed by atoms with Crippen LogP contribution in [0.15, 0.2) is 29.3 Å². The van der Waals surface area contributed by atoms with E-state index in [1.165, 1.54) is 35.5 Å². The Kier molecular flexibility index (Phi) is 5.69. The summed E-state index contributed by atoms with van der Waals surface area (Å²) >= 11 is 3.23. The molecule has 0 saturated carbocycles. The average molecular weight is 426 g/mol. The van der Waals surface area contributed by atoms with Crippen LogP contribution in [0.2, 0.25) is 0 Å². The number of hydrogen-bond acceptors (Lipinski definition) is 6. The lowest BCUT2D eigenvalue weighted by atomic mass is 9.89. The molecule has 5 nitrogen and oxygen atoms in total. The Morgan fingerprint density at radius 3 is 2.93 bits per heavy atom. The summed E-state index contributed by atoms with van der Waals surface area (Å²) in [5.41, 5.74) is 2.59. The number of nitrogens with one attached hydrogen (secondary N) is 1. The first kappa shape index (κ1) is 20.0. The normalized spacial score (nSPS) is 15.9. The van der Waals surface area contributed by atoms with E-state index in [1.54, 1.807) is 35.6 Å². The topological polar surface area (TPSA) is 72.0 Å². The van der Waals surface area contributed by atoms with Crippen LogP contribution in [0.3, 0.4) is 0 Å². The van der Waals surface area contributed by atoms with Gasteiger partial charge in [0.1, 0.15) is 15.7 Å². The Bertz CT molecular complexity index is 1110. The fourth-order valence-electron chi connectivity index (χ4n) is 3.66. The van der Waals surface area contributed by atoms with Gasteiger partial charge in [-0.25, -0.2) is 9.97 Å². The molecule has 2 heterocycles. The number of aryl methyl sites for hydroxylation is 2. The number of thiophene rings is 1. The first-order chi connectivity index (χ1) is 13.9. The van der Waals surface area contributed by atoms with Crippen molar-refractivity contribution in [3.63, 3.8) is 0 Å². The summed E-state index contributed by atoms with van der Waals surface area (Å²) in [5, 5.41) is 4.91. The van der Waals surface area contributed by atoms with Crippen molar-refractivity contribution >= 4 is 50.7 Å². The molecule has 29 heavy (non-hydrogen) atoms. The molecule has 0 saturated heterocycles. The SMILES string of the molecule is CC(=O)c1cccc(NC(=O)CSc2nc(C)nc3sc4c(c23)CCC(C)C4)c1. The van der Waals surface area contributed by atoms with Gasteiger partial charge in [0.15, 0.2) is 5.78 Å². The second-order valence-electron chi connectivity index (χ2n) is 7.58. The highest BCUT2D eigenvalue weighted by Crippen LogP contribution is 2.40. The zero-order valence-electron chi connectivity index (χ0n) is 16.7. The molecule has 0 aliphatic heterocycles. The van der Waals surface area contributed by atoms with Crippen molar-refractivity contribution in [2.45, 2.75) is 45.1 Å². The summed E-state index contributed by atoms with van der Waals surface area (Å²) in [6, 6.07) is 7.01. The summed E-state index contributed by atoms with van der Waals surface area (Å²) in [7, 11) is 0. The van der Waals surface area contributed by atoms with Crippen LogP contribution in [0.1, 0.15) is 46.9 Å². The van der Waals surface area contributed by atoms with E-state index < -0.39 is 0 Å². The molecule has 1 aliphatic rings. The molecular formula is C22H23N3O2S2. The molecule has 0 spiro atoms. The van der Waals surface area contributed by atoms with Gasteiger partial charge in [-0.15, -0.1) is 11.3 Å². The van der Waals surface area contributed by atoms with Crippen molar-refractivity contribution in [3.8, 4) is 0 Å². The average Bonchev–Trinajstić information content (AvgIpc) is 3.03. The van der Waals surface area contributed by atoms with Gasteiger partial charge in [-0.1, -0.05) is 30.8 Å². The summed E-state index contributed by atoms with van der Waals surface area (Å²) in [6.45, 7) is 5.71. The molecule has 150 valence electrons. The lowest BCUT2D eigenvalue weighted by molar-refractivity contribution is -0.113. The molecular weight excluding hydrogens is 402 g/mol. The predicted molar refractivity (Wildman–Crippen MR) is 119 cm³/mol. The number of hydrogen-bond donors (Lipinski definition) is 1. The summed E-state index contributed by atoms with van der Waals surface area (Å²) < 4.78 is 0. The molecule has 1 aliphatic carbocycles. The molecule has 4 rings (SSSR count). The minimum absolute atomic E-state index is 0.0223. The highest BCUT2D eigenvalue weighted by molar-refractivity contribution is 8.00. The predicted octanol–water partition coefficient (Wildman–Crippen LogP) is 5.06. The van der Waals surface area contributed by atoms with E-state index in [-0.39, 0.29) is 17.4 Å². The largest absolute Gasteiger partial charge is 0.325 e. The van der Waals surface area contributed by atoms with Crippen molar-refractivity contribution in [3.05, 3.63) is 46.1 Å². The molecule has 7 heteroatoms. The zero-order valence-corrected chi connectivity index (χ0v) is 18.4. The lowest BCUT2D eigenvalue weighted by Gasteiger charge is -2.18. The number of carbonyl (C=O) groups excluding carboxylic acids is 2. The Morgan fingerprint density at radius 2 is 2.14 bits per heavy atom. The second kappa shape index (κ2) is 8.24. The minimum atomic E-state index is -0.113. The standard InChI is InChI=1S/C22H23N3O2S2/c1-12-7-8-17-18(9-12)29-22-20(17)21(23-14(3)24-22)28-11-19(27)25-16-6-4-5-15(10-16)13(2)26/h4-6,10,12H,7-9,11H2,1-3H3,(H,25,27). The first-order valence-electron chi connectivity index (χ1n) is 9.73. The third kappa shape index (κ3) is 4.36. The smallest absolute Gasteiger partial charge is 0.234 e. The number of nitrogens with zero attached hydrogens (tertiary/aromatic N) is 2. The molecule has 3 aromatic rings. The molecule has 1 N–H and O–H groups in total. The highest BCUT2D eigenvalue weighted by atomic mass is 32.2. The maximum atomic E-state index is 12.5. The molecule has 0 fully saturated rings. The molecule has 0 radical (unpaired) electrons. The molecule has 2 aromatic heterocycles. The zero-order chi connectivity index (χ0) is 20.5. The van der Waals surface area contributed by atoms with Gasteiger partial charge >= 0.3 is 0 Å². The molecule has 1 amide bonds. The molecule has 1 atom stereocenters. The maximum absolute atomic E-state index is 12.5. The van der Waals surface area contributed by atoms with Gasteiger partial charge in [-0.2, -0.15) is 0 Å². The van der Waals surface area contributed by atoms with E-state index in [0.717, 1.165) is 33.9 Å². The van der Waals surface area contributed by atoms with Crippen LogP contribution in [0.25, 0.3) is 10.2 Å². The Morgan fingerprint density at radius 1 is 1.31 bits per heavy atom. The second-order valence-corrected chi connectivity index (χ2v) is 9.63. The summed E-state index contributed by atoms with van der Waals surface area (Å²) in [6.07, 6.45) is 3.34. The fourth-order valence-corrected chi connectivity index (χ4v) is 6.06. The van der Waals surface area contributed by atoms with Crippen molar-refractivity contribution in [2.75, 3.05) is 11.1 Å². The number of anilines is 1. The van der Waals surface area contributed by atoms with Crippen molar-refractivity contribution in [2.24, 2.45) is 5.92 Å². The lowest BCUT2D eigenvalue weighted by Crippen LogP contribution is -2.14. The number of amides is 1. The van der Waals surface area contributed by atoms with Gasteiger partial charge in [0, 0.05) is 21.5 Å². The third-order valence-corrected chi connectivity index (χ3v) is 7.25. The monoisotopic (exact) mass is 425 g/mol. The number of aromatic nitrogens is 2. The maximum Gasteiger partial charge on any atom is 0.234 e. The number of rotatable bonds is 5. The van der Waals surface area contributed by atoms with E-state index in [2.05, 4.69) is 22.2 Å². The fraction of sp³-hybridized carbons (Fsp3) is 0.364. The van der Waals surface area contributed by atoms with Gasteiger partial charge in [0.05, 0.1) is 5.75 Å². The van der Waals surface area contributed by atoms with E-state index in [4.69, 9.17) is 0 Å². The van der Waals surface area contributed by atoms with E-state index >= 15 is 0 Å². The quantitative estimate of drug-likeness (QED) is 0.351. The van der Waals surface area contributed by atoms with Crippen LogP contribution in [-0.4, -0.2) is 27.4 Å². The van der Waals surface area contributed by atoms with Gasteiger partial charge in [0.25, 0.3) is 0 Å². The summed E-state index contributed by atoms with van der Waals surface area (Å²) in [5.74, 6) is 1.57. The van der Waals surface area contributed by atoms with Gasteiger partial charge in [-0.3, -0.25) is 9.59 Å². The van der Waals surface area contributed by atoms with Gasteiger partial charge in [0.2, 0.25) is 5.91 Å². The number of Topliss-reactive ketones (excluding diaryl/α,β-unsaturated/α-hetero) is 1. The van der Waals surface area contributed by atoms with Crippen molar-refractivity contribution in [1.29, 1.82) is 0 Å². The Balaban J connectivity index is 1.53. The number of carbonyl (C=O) groups is 2. The van der Waals surface area contributed by atoms with Crippen LogP contribution in [0.5, 0.6) is 0 Å². The van der Waals surface area contributed by atoms with E-state index in [9.17, 15) is 9.59 Å². The van der Waals surface area contributed by atoms with E-state index in [1.807, 2.05) is 6.92 Å². The molecule has 1 unspecified atom stereocenters. The molecule has 0 bridgehead atoms. The van der Waals surface area contributed by atoms with Crippen LogP contribution in [0, 0.1) is 12.8 Å². The first-order valence-corrected chi connectivity index (χ1v) is 11.5. The third-order valence-electron chi connectivity index (χ3n) is 5.13. The highest BCUT2D eigenvalue weighted by Gasteiger charge is 2.24. The van der Waals surface area contributed by atoms with Crippen molar-refractivity contribution < 1.29 is 9.59 Å². The number of fused-ring (bicyclic) bond motifs is 3. The van der Waals surface area contributed by atoms with Crippen LogP contribution in [0.4, 0.5) is 5.69 Å². The number of benzene rings is 1. The summed E-state index contributed by atoms with van der Waals surface area (Å²) in [4.78, 5) is 35.8. The minimum Gasteiger partial charge on any atom is -0.325 e. The van der Waals surface area contributed by atoms with Gasteiger partial charge in [-0.05, 0) is 56.7 Å².